The van der Waals surface area contributed by atoms with Crippen LogP contribution in [0.15, 0.2) is 42.7 Å². The highest BCUT2D eigenvalue weighted by atomic mass is 16.6. The van der Waals surface area contributed by atoms with Crippen molar-refractivity contribution in [1.29, 1.82) is 0 Å². The molecule has 2 heterocycles. The Morgan fingerprint density at radius 2 is 1.92 bits per heavy atom. The number of hydrogen-bond acceptors (Lipinski definition) is 4. The van der Waals surface area contributed by atoms with Crippen LogP contribution in [0.2, 0.25) is 0 Å². The normalized spacial score (nSPS) is 11.4. The minimum atomic E-state index is -0.648. The molecule has 2 aromatic heterocycles. The van der Waals surface area contributed by atoms with Crippen molar-refractivity contribution in [2.75, 3.05) is 7.05 Å². The number of nitrogens with zero attached hydrogens (tertiary/aromatic N) is 1. The van der Waals surface area contributed by atoms with Gasteiger partial charge in [0.05, 0.1) is 5.56 Å². The van der Waals surface area contributed by atoms with Gasteiger partial charge in [0.25, 0.3) is 5.91 Å². The number of fused-ring (bicyclic) bond motifs is 1. The molecule has 0 aliphatic carbocycles. The number of benzene rings is 1. The Morgan fingerprint density at radius 1 is 1.15 bits per heavy atom. The van der Waals surface area contributed by atoms with Crippen LogP contribution in [-0.2, 0) is 4.74 Å². The molecule has 6 heteroatoms. The summed E-state index contributed by atoms with van der Waals surface area (Å²) in [6, 6.07) is 9.20. The van der Waals surface area contributed by atoms with Crippen LogP contribution >= 0.6 is 0 Å². The van der Waals surface area contributed by atoms with E-state index in [0.29, 0.717) is 11.1 Å². The zero-order valence-electron chi connectivity index (χ0n) is 15.2. The van der Waals surface area contributed by atoms with Gasteiger partial charge in [-0.1, -0.05) is 12.1 Å². The number of carbonyl (C=O) groups excluding carboxylic acids is 2. The van der Waals surface area contributed by atoms with Crippen LogP contribution in [0.5, 0.6) is 0 Å². The zero-order chi connectivity index (χ0) is 18.9. The van der Waals surface area contributed by atoms with Gasteiger partial charge in [-0.3, -0.25) is 9.78 Å². The number of aromatic amines is 1. The lowest BCUT2D eigenvalue weighted by Crippen LogP contribution is -2.25. The Labute approximate surface area is 151 Å². The molecule has 3 aromatic rings. The first kappa shape index (κ1) is 17.7. The predicted molar refractivity (Wildman–Crippen MR) is 100 cm³/mol. The second-order valence-electron chi connectivity index (χ2n) is 6.94. The van der Waals surface area contributed by atoms with Crippen LogP contribution in [0.25, 0.3) is 22.0 Å². The molecule has 6 nitrogen and oxygen atoms in total. The summed E-state index contributed by atoms with van der Waals surface area (Å²) in [6.07, 6.45) is 3.39. The summed E-state index contributed by atoms with van der Waals surface area (Å²) in [5, 5.41) is 3.49. The minimum absolute atomic E-state index is 0.165. The number of ether oxygens (including phenoxy) is 1. The van der Waals surface area contributed by atoms with Crippen LogP contribution in [0.3, 0.4) is 0 Å². The maximum absolute atomic E-state index is 12.8. The summed E-state index contributed by atoms with van der Waals surface area (Å²) in [6.45, 7) is 5.41. The second kappa shape index (κ2) is 6.63. The van der Waals surface area contributed by atoms with E-state index in [1.807, 2.05) is 30.5 Å². The van der Waals surface area contributed by atoms with Gasteiger partial charge in [-0.15, -0.1) is 0 Å². The number of nitrogens with one attached hydrogen (secondary N) is 2. The van der Waals surface area contributed by atoms with Crippen molar-refractivity contribution in [3.63, 3.8) is 0 Å². The number of esters is 1. The van der Waals surface area contributed by atoms with E-state index in [0.717, 1.165) is 16.5 Å². The lowest BCUT2D eigenvalue weighted by atomic mass is 9.98. The summed E-state index contributed by atoms with van der Waals surface area (Å²) in [7, 11) is 1.52. The predicted octanol–water partition coefficient (Wildman–Crippen LogP) is 3.54. The number of aromatic nitrogens is 2. The van der Waals surface area contributed by atoms with E-state index in [-0.39, 0.29) is 11.6 Å². The van der Waals surface area contributed by atoms with Gasteiger partial charge >= 0.3 is 5.97 Å². The van der Waals surface area contributed by atoms with Crippen LogP contribution in [-0.4, -0.2) is 34.5 Å². The van der Waals surface area contributed by atoms with Gasteiger partial charge in [-0.2, -0.15) is 0 Å². The van der Waals surface area contributed by atoms with Crippen LogP contribution in [0.1, 0.15) is 41.6 Å². The highest BCUT2D eigenvalue weighted by Gasteiger charge is 2.23. The lowest BCUT2D eigenvalue weighted by molar-refractivity contribution is 0.00703. The fourth-order valence-corrected chi connectivity index (χ4v) is 2.74. The highest BCUT2D eigenvalue weighted by Crippen LogP contribution is 2.31. The topological polar surface area (TPSA) is 84.1 Å². The number of amides is 1. The summed E-state index contributed by atoms with van der Waals surface area (Å²) in [4.78, 5) is 32.1. The number of hydrogen-bond donors (Lipinski definition) is 2. The molecule has 0 radical (unpaired) electrons. The van der Waals surface area contributed by atoms with Gasteiger partial charge in [-0.25, -0.2) is 4.79 Å². The Hall–Kier alpha value is -3.15. The first-order valence-electron chi connectivity index (χ1n) is 8.32. The van der Waals surface area contributed by atoms with E-state index in [4.69, 9.17) is 4.74 Å². The molecule has 2 N–H and O–H groups in total. The summed E-state index contributed by atoms with van der Waals surface area (Å²) < 4.78 is 5.54. The molecule has 134 valence electrons. The highest BCUT2D eigenvalue weighted by molar-refractivity contribution is 6.05. The third kappa shape index (κ3) is 3.44. The molecular weight excluding hydrogens is 330 g/mol. The average Bonchev–Trinajstić information content (AvgIpc) is 3.07. The minimum Gasteiger partial charge on any atom is -0.456 e. The molecule has 0 unspecified atom stereocenters. The Kier molecular flexibility index (Phi) is 4.50. The summed E-state index contributed by atoms with van der Waals surface area (Å²) in [5.74, 6) is -0.853. The van der Waals surface area contributed by atoms with Gasteiger partial charge in [0, 0.05) is 35.9 Å². The van der Waals surface area contributed by atoms with Gasteiger partial charge in [-0.05, 0) is 44.5 Å². The van der Waals surface area contributed by atoms with Gasteiger partial charge in [0.2, 0.25) is 0 Å². The lowest BCUT2D eigenvalue weighted by Gasteiger charge is -2.21. The molecule has 1 amide bonds. The molecule has 1 aromatic carbocycles. The molecule has 0 aliphatic rings. The monoisotopic (exact) mass is 351 g/mol. The van der Waals surface area contributed by atoms with E-state index < -0.39 is 11.6 Å². The number of carbonyl (C=O) groups is 2. The van der Waals surface area contributed by atoms with Crippen molar-refractivity contribution >= 4 is 22.8 Å². The van der Waals surface area contributed by atoms with Crippen molar-refractivity contribution in [1.82, 2.24) is 15.3 Å². The van der Waals surface area contributed by atoms with Crippen molar-refractivity contribution in [3.8, 4) is 11.1 Å². The molecule has 0 spiro atoms. The van der Waals surface area contributed by atoms with Crippen LogP contribution in [0, 0.1) is 0 Å². The maximum Gasteiger partial charge on any atom is 0.339 e. The van der Waals surface area contributed by atoms with Crippen molar-refractivity contribution < 1.29 is 14.3 Å². The molecule has 0 bridgehead atoms. The quantitative estimate of drug-likeness (QED) is 0.707. The Morgan fingerprint density at radius 3 is 2.62 bits per heavy atom. The summed E-state index contributed by atoms with van der Waals surface area (Å²) >= 11 is 0. The third-order valence-corrected chi connectivity index (χ3v) is 3.87. The number of rotatable bonds is 3. The number of H-pyrrole nitrogens is 1. The zero-order valence-corrected chi connectivity index (χ0v) is 15.2. The van der Waals surface area contributed by atoms with Crippen molar-refractivity contribution in [3.05, 3.63) is 54.0 Å². The fourth-order valence-electron chi connectivity index (χ4n) is 2.74. The Bertz CT molecular complexity index is 983. The molecule has 0 saturated heterocycles. The van der Waals surface area contributed by atoms with Gasteiger partial charge < -0.3 is 15.0 Å². The van der Waals surface area contributed by atoms with E-state index in [2.05, 4.69) is 15.3 Å². The molecule has 0 atom stereocenters. The smallest absolute Gasteiger partial charge is 0.339 e. The molecule has 26 heavy (non-hydrogen) atoms. The largest absolute Gasteiger partial charge is 0.456 e. The summed E-state index contributed by atoms with van der Waals surface area (Å²) in [5.41, 5.74) is 2.25. The average molecular weight is 351 g/mol. The molecule has 3 rings (SSSR count). The van der Waals surface area contributed by atoms with Crippen LogP contribution < -0.4 is 5.32 Å². The molecular formula is C20H21N3O3. The van der Waals surface area contributed by atoms with E-state index in [1.165, 1.54) is 13.1 Å². The van der Waals surface area contributed by atoms with Crippen molar-refractivity contribution in [2.24, 2.45) is 0 Å². The Balaban J connectivity index is 2.19. The van der Waals surface area contributed by atoms with E-state index >= 15 is 0 Å². The molecule has 0 saturated carbocycles. The van der Waals surface area contributed by atoms with Crippen molar-refractivity contribution in [2.45, 2.75) is 26.4 Å². The maximum atomic E-state index is 12.8. The van der Waals surface area contributed by atoms with E-state index in [9.17, 15) is 9.59 Å². The molecule has 0 fully saturated rings. The fraction of sp³-hybridized carbons (Fsp3) is 0.250. The third-order valence-electron chi connectivity index (χ3n) is 3.87. The van der Waals surface area contributed by atoms with Gasteiger partial charge in [0.15, 0.2) is 0 Å². The van der Waals surface area contributed by atoms with Crippen LogP contribution in [0.4, 0.5) is 0 Å². The first-order chi connectivity index (χ1) is 12.3. The standard InChI is InChI=1S/C20H21N3O3/c1-20(2,3)26-19(25)14-10-17(18(24)21-4)23-11-15(14)12-6-5-7-16-13(12)8-9-22-16/h5-11,22H,1-4H3,(H,21,24). The SMILES string of the molecule is CNC(=O)c1cc(C(=O)OC(C)(C)C)c(-c2cccc3[nH]ccc23)cn1. The molecule has 0 aliphatic heterocycles. The van der Waals surface area contributed by atoms with Gasteiger partial charge in [0.1, 0.15) is 11.3 Å². The first-order valence-corrected chi connectivity index (χ1v) is 8.32. The number of pyridine rings is 1. The van der Waals surface area contributed by atoms with E-state index in [1.54, 1.807) is 27.0 Å². The second-order valence-corrected chi connectivity index (χ2v) is 6.94.